The van der Waals surface area contributed by atoms with Crippen LogP contribution in [0.3, 0.4) is 0 Å². The zero-order valence-electron chi connectivity index (χ0n) is 5.87. The topological polar surface area (TPSA) is 67.6 Å². The van der Waals surface area contributed by atoms with Gasteiger partial charge in [-0.3, -0.25) is 5.01 Å². The molecule has 11 heavy (non-hydrogen) atoms. The Morgan fingerprint density at radius 2 is 2.27 bits per heavy atom. The van der Waals surface area contributed by atoms with Crippen LogP contribution in [-0.2, 0) is 0 Å². The summed E-state index contributed by atoms with van der Waals surface area (Å²) in [6, 6.07) is 0. The third-order valence-electron chi connectivity index (χ3n) is 0.948. The van der Waals surface area contributed by atoms with Crippen molar-refractivity contribution in [2.75, 3.05) is 6.54 Å². The van der Waals surface area contributed by atoms with Gasteiger partial charge < -0.3 is 5.84 Å². The van der Waals surface area contributed by atoms with Gasteiger partial charge >= 0.3 is 0 Å². The summed E-state index contributed by atoms with van der Waals surface area (Å²) in [6.07, 6.45) is -1.39. The highest BCUT2D eigenvalue weighted by atomic mass is 19.3. The van der Waals surface area contributed by atoms with Crippen LogP contribution in [0.15, 0.2) is 17.8 Å². The minimum absolute atomic E-state index is 0.0837. The molecule has 4 N–H and O–H groups in total. The molecule has 0 heterocycles. The number of halogens is 2. The van der Waals surface area contributed by atoms with Gasteiger partial charge in [0, 0.05) is 0 Å². The van der Waals surface area contributed by atoms with Crippen LogP contribution in [0.25, 0.3) is 0 Å². The molecule has 0 aromatic heterocycles. The van der Waals surface area contributed by atoms with Crippen molar-refractivity contribution < 1.29 is 8.78 Å². The largest absolute Gasteiger partial charge is 0.321 e. The van der Waals surface area contributed by atoms with E-state index in [1.54, 1.807) is 0 Å². The number of nitrogens with zero attached hydrogens (tertiary/aromatic N) is 2. The number of hydrogen-bond acceptors (Lipinski definition) is 3. The van der Waals surface area contributed by atoms with Crippen molar-refractivity contribution in [3.63, 3.8) is 0 Å². The number of amidine groups is 1. The van der Waals surface area contributed by atoms with Crippen LogP contribution in [-0.4, -0.2) is 23.8 Å². The summed E-state index contributed by atoms with van der Waals surface area (Å²) < 4.78 is 23.8. The molecule has 0 aliphatic heterocycles. The first-order valence-corrected chi connectivity index (χ1v) is 2.82. The van der Waals surface area contributed by atoms with Crippen LogP contribution >= 0.6 is 0 Å². The monoisotopic (exact) mass is 164 g/mol. The molecule has 0 amide bonds. The van der Waals surface area contributed by atoms with Gasteiger partial charge in [0.1, 0.15) is 0 Å². The van der Waals surface area contributed by atoms with Crippen LogP contribution in [0.2, 0.25) is 0 Å². The Morgan fingerprint density at radius 1 is 1.73 bits per heavy atom. The number of nitrogens with two attached hydrogens (primary N) is 2. The third kappa shape index (κ3) is 2.94. The minimum atomic E-state index is -2.76. The van der Waals surface area contributed by atoms with Gasteiger partial charge in [-0.15, -0.1) is 6.58 Å². The van der Waals surface area contributed by atoms with Gasteiger partial charge in [0.25, 0.3) is 6.43 Å². The van der Waals surface area contributed by atoms with Gasteiger partial charge in [0.05, 0.1) is 6.54 Å². The molecule has 64 valence electrons. The zero-order chi connectivity index (χ0) is 8.85. The Morgan fingerprint density at radius 3 is 2.55 bits per heavy atom. The number of alkyl halides is 2. The molecule has 0 atom stereocenters. The van der Waals surface area contributed by atoms with Crippen LogP contribution < -0.4 is 11.7 Å². The SMILES string of the molecule is C=CCN(N)/C(=N\N)C(F)F. The van der Waals surface area contributed by atoms with Crippen molar-refractivity contribution in [3.05, 3.63) is 12.7 Å². The Hall–Kier alpha value is -1.17. The van der Waals surface area contributed by atoms with Crippen molar-refractivity contribution in [2.45, 2.75) is 6.43 Å². The number of hydrazone groups is 1. The molecule has 6 heteroatoms. The van der Waals surface area contributed by atoms with Crippen LogP contribution in [0.4, 0.5) is 8.78 Å². The first-order chi connectivity index (χ1) is 5.13. The molecular weight excluding hydrogens is 154 g/mol. The lowest BCUT2D eigenvalue weighted by atomic mass is 10.5. The Bertz CT molecular complexity index is 157. The molecule has 0 aliphatic carbocycles. The predicted molar refractivity (Wildman–Crippen MR) is 38.7 cm³/mol. The number of hydrazine groups is 1. The zero-order valence-corrected chi connectivity index (χ0v) is 5.87. The molecule has 0 fully saturated rings. The van der Waals surface area contributed by atoms with Gasteiger partial charge in [0.15, 0.2) is 0 Å². The quantitative estimate of drug-likeness (QED) is 0.201. The lowest BCUT2D eigenvalue weighted by molar-refractivity contribution is 0.203. The second-order valence-corrected chi connectivity index (χ2v) is 1.73. The molecule has 0 bridgehead atoms. The summed E-state index contributed by atoms with van der Waals surface area (Å²) >= 11 is 0. The lowest BCUT2D eigenvalue weighted by Crippen LogP contribution is -2.42. The van der Waals surface area contributed by atoms with Gasteiger partial charge in [-0.2, -0.15) is 5.10 Å². The van der Waals surface area contributed by atoms with E-state index < -0.39 is 12.3 Å². The van der Waals surface area contributed by atoms with Crippen molar-refractivity contribution in [3.8, 4) is 0 Å². The molecular formula is C5H10F2N4. The fourth-order valence-corrected chi connectivity index (χ4v) is 0.488. The molecule has 0 radical (unpaired) electrons. The van der Waals surface area contributed by atoms with Crippen LogP contribution in [0.5, 0.6) is 0 Å². The van der Waals surface area contributed by atoms with E-state index >= 15 is 0 Å². The molecule has 0 spiro atoms. The van der Waals surface area contributed by atoms with E-state index in [1.807, 2.05) is 0 Å². The summed E-state index contributed by atoms with van der Waals surface area (Å²) in [6.45, 7) is 3.40. The molecule has 0 aliphatic rings. The minimum Gasteiger partial charge on any atom is -0.321 e. The highest BCUT2D eigenvalue weighted by molar-refractivity contribution is 5.84. The molecule has 0 saturated heterocycles. The maximum atomic E-state index is 11.9. The van der Waals surface area contributed by atoms with E-state index in [1.165, 1.54) is 6.08 Å². The number of hydrogen-bond donors (Lipinski definition) is 2. The van der Waals surface area contributed by atoms with E-state index in [9.17, 15) is 8.78 Å². The van der Waals surface area contributed by atoms with Crippen molar-refractivity contribution in [2.24, 2.45) is 16.8 Å². The predicted octanol–water partition coefficient (Wildman–Crippen LogP) is -0.115. The molecule has 0 unspecified atom stereocenters. The lowest BCUT2D eigenvalue weighted by Gasteiger charge is -2.16. The van der Waals surface area contributed by atoms with Gasteiger partial charge in [-0.1, -0.05) is 6.08 Å². The van der Waals surface area contributed by atoms with Crippen molar-refractivity contribution in [1.29, 1.82) is 0 Å². The average Bonchev–Trinajstić information content (AvgIpc) is 1.88. The standard InChI is InChI=1S/C5H10F2N4/c1-2-3-11(9)5(10-8)4(6)7/h2,4H,1,3,8-9H2/b10-5-. The highest BCUT2D eigenvalue weighted by Gasteiger charge is 2.16. The molecule has 0 rings (SSSR count). The van der Waals surface area contributed by atoms with Crippen molar-refractivity contribution >= 4 is 5.84 Å². The van der Waals surface area contributed by atoms with Crippen LogP contribution in [0.1, 0.15) is 0 Å². The van der Waals surface area contributed by atoms with E-state index in [0.29, 0.717) is 0 Å². The molecule has 0 aromatic carbocycles. The first kappa shape index (κ1) is 9.83. The normalized spacial score (nSPS) is 11.8. The Labute approximate surface area is 63.1 Å². The van der Waals surface area contributed by atoms with Crippen molar-refractivity contribution in [1.82, 2.24) is 5.01 Å². The molecule has 0 saturated carbocycles. The maximum absolute atomic E-state index is 11.9. The third-order valence-corrected chi connectivity index (χ3v) is 0.948. The van der Waals surface area contributed by atoms with E-state index in [0.717, 1.165) is 5.01 Å². The van der Waals surface area contributed by atoms with E-state index in [2.05, 4.69) is 17.5 Å². The summed E-state index contributed by atoms with van der Waals surface area (Å²) in [7, 11) is 0. The first-order valence-electron chi connectivity index (χ1n) is 2.82. The maximum Gasteiger partial charge on any atom is 0.298 e. The van der Waals surface area contributed by atoms with E-state index in [4.69, 9.17) is 5.84 Å². The second-order valence-electron chi connectivity index (χ2n) is 1.73. The van der Waals surface area contributed by atoms with Gasteiger partial charge in [0.2, 0.25) is 5.84 Å². The Balaban J connectivity index is 4.15. The fraction of sp³-hybridized carbons (Fsp3) is 0.400. The van der Waals surface area contributed by atoms with Crippen LogP contribution in [0, 0.1) is 0 Å². The summed E-state index contributed by atoms with van der Waals surface area (Å²) in [5, 5.41) is 3.56. The fourth-order valence-electron chi connectivity index (χ4n) is 0.488. The Kier molecular flexibility index (Phi) is 4.12. The van der Waals surface area contributed by atoms with Gasteiger partial charge in [-0.25, -0.2) is 14.6 Å². The average molecular weight is 164 g/mol. The summed E-state index contributed by atoms with van der Waals surface area (Å²) in [5.74, 6) is 9.12. The molecule has 4 nitrogen and oxygen atoms in total. The smallest absolute Gasteiger partial charge is 0.298 e. The summed E-state index contributed by atoms with van der Waals surface area (Å²) in [4.78, 5) is 0. The summed E-state index contributed by atoms with van der Waals surface area (Å²) in [5.41, 5.74) is 0. The number of rotatable bonds is 3. The molecule has 0 aromatic rings. The highest BCUT2D eigenvalue weighted by Crippen LogP contribution is 1.97. The second kappa shape index (κ2) is 4.62. The van der Waals surface area contributed by atoms with E-state index in [-0.39, 0.29) is 6.54 Å². The van der Waals surface area contributed by atoms with Gasteiger partial charge in [-0.05, 0) is 0 Å².